The van der Waals surface area contributed by atoms with Crippen LogP contribution in [0.5, 0.6) is 0 Å². The molecule has 0 aromatic carbocycles. The second-order valence-corrected chi connectivity index (χ2v) is 5.66. The van der Waals surface area contributed by atoms with Gasteiger partial charge in [0.1, 0.15) is 17.8 Å². The zero-order chi connectivity index (χ0) is 14.5. The van der Waals surface area contributed by atoms with Crippen molar-refractivity contribution in [2.24, 2.45) is 0 Å². The Morgan fingerprint density at radius 3 is 2.53 bits per heavy atom. The van der Waals surface area contributed by atoms with Crippen LogP contribution in [0, 0.1) is 0 Å². The van der Waals surface area contributed by atoms with E-state index in [9.17, 15) is 9.59 Å². The SMILES string of the molecule is CC(CC(=O)CC(=O)OC(C)(C)C)c1ccccn1. The van der Waals surface area contributed by atoms with Gasteiger partial charge in [-0.15, -0.1) is 0 Å². The van der Waals surface area contributed by atoms with Crippen molar-refractivity contribution in [2.45, 2.75) is 52.1 Å². The van der Waals surface area contributed by atoms with Gasteiger partial charge < -0.3 is 4.74 Å². The number of rotatable bonds is 5. The minimum absolute atomic E-state index is 0.0103. The summed E-state index contributed by atoms with van der Waals surface area (Å²) in [6.07, 6.45) is 1.83. The van der Waals surface area contributed by atoms with E-state index in [0.29, 0.717) is 6.42 Å². The van der Waals surface area contributed by atoms with Gasteiger partial charge in [-0.1, -0.05) is 13.0 Å². The summed E-state index contributed by atoms with van der Waals surface area (Å²) >= 11 is 0. The van der Waals surface area contributed by atoms with E-state index in [2.05, 4.69) is 4.98 Å². The molecule has 0 amide bonds. The van der Waals surface area contributed by atoms with Gasteiger partial charge in [0.15, 0.2) is 0 Å². The maximum atomic E-state index is 11.8. The molecule has 1 unspecified atom stereocenters. The molecule has 104 valence electrons. The lowest BCUT2D eigenvalue weighted by molar-refractivity contribution is -0.156. The largest absolute Gasteiger partial charge is 0.460 e. The minimum atomic E-state index is -0.552. The van der Waals surface area contributed by atoms with Crippen LogP contribution in [-0.4, -0.2) is 22.3 Å². The summed E-state index contributed by atoms with van der Waals surface area (Å²) in [5.74, 6) is -0.575. The fourth-order valence-corrected chi connectivity index (χ4v) is 1.72. The molecule has 0 aliphatic heterocycles. The van der Waals surface area contributed by atoms with Gasteiger partial charge in [-0.3, -0.25) is 14.6 Å². The molecule has 0 aliphatic rings. The van der Waals surface area contributed by atoms with Crippen LogP contribution in [-0.2, 0) is 14.3 Å². The van der Waals surface area contributed by atoms with Crippen LogP contribution in [0.2, 0.25) is 0 Å². The first kappa shape index (κ1) is 15.3. The molecular weight excluding hydrogens is 242 g/mol. The standard InChI is InChI=1S/C15H21NO3/c1-11(13-7-5-6-8-16-13)9-12(17)10-14(18)19-15(2,3)4/h5-8,11H,9-10H2,1-4H3. The summed E-state index contributed by atoms with van der Waals surface area (Å²) in [6, 6.07) is 5.60. The van der Waals surface area contributed by atoms with Gasteiger partial charge in [0.05, 0.1) is 0 Å². The van der Waals surface area contributed by atoms with Gasteiger partial charge in [0, 0.05) is 24.2 Å². The van der Waals surface area contributed by atoms with Crippen molar-refractivity contribution in [3.8, 4) is 0 Å². The Kier molecular flexibility index (Phi) is 5.21. The van der Waals surface area contributed by atoms with E-state index in [1.165, 1.54) is 0 Å². The van der Waals surface area contributed by atoms with Crippen molar-refractivity contribution < 1.29 is 14.3 Å². The average Bonchev–Trinajstić information content (AvgIpc) is 2.27. The molecule has 0 bridgehead atoms. The minimum Gasteiger partial charge on any atom is -0.460 e. The molecule has 1 aromatic rings. The molecule has 0 aliphatic carbocycles. The van der Waals surface area contributed by atoms with Crippen molar-refractivity contribution in [1.82, 2.24) is 4.98 Å². The number of Topliss-reactive ketones (excluding diaryl/α,β-unsaturated/α-hetero) is 1. The van der Waals surface area contributed by atoms with Crippen molar-refractivity contribution in [1.29, 1.82) is 0 Å². The van der Waals surface area contributed by atoms with Gasteiger partial charge in [-0.2, -0.15) is 0 Å². The van der Waals surface area contributed by atoms with Gasteiger partial charge in [0.2, 0.25) is 0 Å². The predicted octanol–water partition coefficient (Wildman–Crippen LogP) is 2.88. The topological polar surface area (TPSA) is 56.3 Å². The highest BCUT2D eigenvalue weighted by molar-refractivity contribution is 5.95. The van der Waals surface area contributed by atoms with Crippen molar-refractivity contribution in [3.63, 3.8) is 0 Å². The molecule has 0 spiro atoms. The highest BCUT2D eigenvalue weighted by atomic mass is 16.6. The number of carbonyl (C=O) groups excluding carboxylic acids is 2. The van der Waals surface area contributed by atoms with Crippen LogP contribution in [0.1, 0.15) is 52.1 Å². The number of carbonyl (C=O) groups is 2. The number of hydrogen-bond acceptors (Lipinski definition) is 4. The molecule has 1 rings (SSSR count). The van der Waals surface area contributed by atoms with Gasteiger partial charge in [-0.05, 0) is 32.9 Å². The lowest BCUT2D eigenvalue weighted by Gasteiger charge is -2.19. The van der Waals surface area contributed by atoms with Crippen molar-refractivity contribution in [2.75, 3.05) is 0 Å². The first-order valence-corrected chi connectivity index (χ1v) is 6.42. The van der Waals surface area contributed by atoms with E-state index < -0.39 is 11.6 Å². The molecule has 0 saturated carbocycles. The highest BCUT2D eigenvalue weighted by Gasteiger charge is 2.20. The molecule has 0 radical (unpaired) electrons. The highest BCUT2D eigenvalue weighted by Crippen LogP contribution is 2.18. The zero-order valence-electron chi connectivity index (χ0n) is 12.0. The quantitative estimate of drug-likeness (QED) is 0.605. The average molecular weight is 263 g/mol. The second-order valence-electron chi connectivity index (χ2n) is 5.66. The first-order valence-electron chi connectivity index (χ1n) is 6.42. The summed E-state index contributed by atoms with van der Waals surface area (Å²) in [7, 11) is 0. The van der Waals surface area contributed by atoms with E-state index in [1.807, 2.05) is 25.1 Å². The van der Waals surface area contributed by atoms with E-state index in [1.54, 1.807) is 27.0 Å². The predicted molar refractivity (Wildman–Crippen MR) is 72.7 cm³/mol. The lowest BCUT2D eigenvalue weighted by Crippen LogP contribution is -2.25. The van der Waals surface area contributed by atoms with E-state index >= 15 is 0 Å². The van der Waals surface area contributed by atoms with Crippen LogP contribution >= 0.6 is 0 Å². The summed E-state index contributed by atoms with van der Waals surface area (Å²) in [4.78, 5) is 27.5. The Bertz CT molecular complexity index is 434. The summed E-state index contributed by atoms with van der Waals surface area (Å²) < 4.78 is 5.12. The lowest BCUT2D eigenvalue weighted by atomic mass is 9.99. The van der Waals surface area contributed by atoms with Crippen LogP contribution < -0.4 is 0 Å². The van der Waals surface area contributed by atoms with Crippen LogP contribution in [0.25, 0.3) is 0 Å². The number of nitrogens with zero attached hydrogens (tertiary/aromatic N) is 1. The van der Waals surface area contributed by atoms with Crippen molar-refractivity contribution >= 4 is 11.8 Å². The molecule has 1 heterocycles. The fraction of sp³-hybridized carbons (Fsp3) is 0.533. The number of ether oxygens (including phenoxy) is 1. The normalized spacial score (nSPS) is 12.8. The van der Waals surface area contributed by atoms with Crippen LogP contribution in [0.15, 0.2) is 24.4 Å². The molecular formula is C15H21NO3. The number of pyridine rings is 1. The Hall–Kier alpha value is -1.71. The first-order chi connectivity index (χ1) is 8.78. The van der Waals surface area contributed by atoms with Crippen molar-refractivity contribution in [3.05, 3.63) is 30.1 Å². The summed E-state index contributed by atoms with van der Waals surface area (Å²) in [5, 5.41) is 0. The number of ketones is 1. The summed E-state index contributed by atoms with van der Waals surface area (Å²) in [5.41, 5.74) is 0.310. The fourth-order valence-electron chi connectivity index (χ4n) is 1.72. The van der Waals surface area contributed by atoms with Gasteiger partial charge in [-0.25, -0.2) is 0 Å². The number of aromatic nitrogens is 1. The van der Waals surface area contributed by atoms with E-state index in [0.717, 1.165) is 5.69 Å². The Balaban J connectivity index is 2.46. The van der Waals surface area contributed by atoms with E-state index in [4.69, 9.17) is 4.74 Å². The van der Waals surface area contributed by atoms with Crippen LogP contribution in [0.4, 0.5) is 0 Å². The second kappa shape index (κ2) is 6.45. The Labute approximate surface area is 114 Å². The summed E-state index contributed by atoms with van der Waals surface area (Å²) in [6.45, 7) is 7.28. The monoisotopic (exact) mass is 263 g/mol. The molecule has 19 heavy (non-hydrogen) atoms. The van der Waals surface area contributed by atoms with Gasteiger partial charge >= 0.3 is 5.97 Å². The maximum absolute atomic E-state index is 11.8. The molecule has 0 saturated heterocycles. The molecule has 4 nitrogen and oxygen atoms in total. The van der Waals surface area contributed by atoms with Crippen LogP contribution in [0.3, 0.4) is 0 Å². The maximum Gasteiger partial charge on any atom is 0.313 e. The molecule has 4 heteroatoms. The molecule has 0 fully saturated rings. The van der Waals surface area contributed by atoms with Gasteiger partial charge in [0.25, 0.3) is 0 Å². The molecule has 1 atom stereocenters. The smallest absolute Gasteiger partial charge is 0.313 e. The third-order valence-electron chi connectivity index (χ3n) is 2.49. The third kappa shape index (κ3) is 6.13. The Morgan fingerprint density at radius 2 is 2.00 bits per heavy atom. The van der Waals surface area contributed by atoms with E-state index in [-0.39, 0.29) is 18.1 Å². The zero-order valence-corrected chi connectivity index (χ0v) is 12.0. The Morgan fingerprint density at radius 1 is 1.32 bits per heavy atom. The molecule has 0 N–H and O–H groups in total. The third-order valence-corrected chi connectivity index (χ3v) is 2.49. The molecule has 1 aromatic heterocycles. The number of esters is 1. The number of hydrogen-bond donors (Lipinski definition) is 0.